The maximum atomic E-state index is 12.8. The number of nitrogens with one attached hydrogen (secondary N) is 2. The molecule has 0 aliphatic rings. The fourth-order valence-corrected chi connectivity index (χ4v) is 4.39. The summed E-state index contributed by atoms with van der Waals surface area (Å²) in [7, 11) is -2.36. The van der Waals surface area contributed by atoms with E-state index in [0.29, 0.717) is 12.3 Å². The van der Waals surface area contributed by atoms with E-state index < -0.39 is 16.1 Å². The van der Waals surface area contributed by atoms with E-state index in [-0.39, 0.29) is 23.3 Å². The van der Waals surface area contributed by atoms with Crippen LogP contribution in [0.4, 0.5) is 0 Å². The Labute approximate surface area is 187 Å². The van der Waals surface area contributed by atoms with Gasteiger partial charge >= 0.3 is 0 Å². The van der Waals surface area contributed by atoms with Crippen LogP contribution in [0.2, 0.25) is 0 Å². The van der Waals surface area contributed by atoms with Gasteiger partial charge in [0.25, 0.3) is 0 Å². The fourth-order valence-electron chi connectivity index (χ4n) is 3.05. The van der Waals surface area contributed by atoms with E-state index in [0.717, 1.165) is 11.1 Å². The lowest BCUT2D eigenvalue weighted by molar-refractivity contribution is -0.123. The van der Waals surface area contributed by atoms with Crippen LogP contribution in [0, 0.1) is 5.92 Å². The van der Waals surface area contributed by atoms with Crippen molar-refractivity contribution in [1.29, 1.82) is 0 Å². The Hall–Kier alpha value is -3.24. The van der Waals surface area contributed by atoms with Gasteiger partial charge in [0.2, 0.25) is 15.9 Å². The van der Waals surface area contributed by atoms with Crippen LogP contribution in [0.3, 0.4) is 0 Å². The smallest absolute Gasteiger partial charge is 0.241 e. The maximum absolute atomic E-state index is 12.8. The van der Waals surface area contributed by atoms with Crippen molar-refractivity contribution in [1.82, 2.24) is 24.8 Å². The Morgan fingerprint density at radius 3 is 2.28 bits per heavy atom. The zero-order valence-electron chi connectivity index (χ0n) is 18.2. The van der Waals surface area contributed by atoms with Gasteiger partial charge in [0.1, 0.15) is 24.4 Å². The molecule has 0 saturated carbocycles. The molecule has 1 atom stereocenters. The largest absolute Gasteiger partial charge is 0.497 e. The quantitative estimate of drug-likeness (QED) is 0.481. The summed E-state index contributed by atoms with van der Waals surface area (Å²) in [5.74, 6) is -0.0775. The number of ether oxygens (including phenoxy) is 1. The molecule has 3 aromatic rings. The van der Waals surface area contributed by atoms with Crippen molar-refractivity contribution >= 4 is 15.9 Å². The average Bonchev–Trinajstić information content (AvgIpc) is 3.30. The Balaban J connectivity index is 1.60. The zero-order valence-corrected chi connectivity index (χ0v) is 19.0. The molecular formula is C22H27N5O4S. The SMILES string of the molecule is COc1ccc(S(=O)(=O)N[C@H](C(=O)NCc2ccc(Cn3cncn3)cc2)C(C)C)cc1. The van der Waals surface area contributed by atoms with Gasteiger partial charge in [0.05, 0.1) is 18.6 Å². The number of aromatic nitrogens is 3. The molecule has 2 aromatic carbocycles. The third-order valence-electron chi connectivity index (χ3n) is 4.90. The summed E-state index contributed by atoms with van der Waals surface area (Å²) >= 11 is 0. The number of benzene rings is 2. The van der Waals surface area contributed by atoms with E-state index in [4.69, 9.17) is 4.74 Å². The van der Waals surface area contributed by atoms with Crippen LogP contribution < -0.4 is 14.8 Å². The van der Waals surface area contributed by atoms with E-state index in [1.807, 2.05) is 24.3 Å². The number of amides is 1. The molecule has 170 valence electrons. The van der Waals surface area contributed by atoms with Crippen molar-refractivity contribution in [3.63, 3.8) is 0 Å². The highest BCUT2D eigenvalue weighted by Gasteiger charge is 2.28. The molecule has 1 heterocycles. The lowest BCUT2D eigenvalue weighted by atomic mass is 10.0. The van der Waals surface area contributed by atoms with Gasteiger partial charge < -0.3 is 10.1 Å². The molecule has 0 fully saturated rings. The lowest BCUT2D eigenvalue weighted by Gasteiger charge is -2.22. The second kappa shape index (κ2) is 10.4. The third kappa shape index (κ3) is 6.14. The highest BCUT2D eigenvalue weighted by Crippen LogP contribution is 2.17. The van der Waals surface area contributed by atoms with E-state index in [1.165, 1.54) is 25.6 Å². The lowest BCUT2D eigenvalue weighted by Crippen LogP contribution is -2.49. The minimum absolute atomic E-state index is 0.0692. The first-order valence-electron chi connectivity index (χ1n) is 10.1. The normalized spacial score (nSPS) is 12.5. The second-order valence-electron chi connectivity index (χ2n) is 7.65. The standard InChI is InChI=1S/C22H27N5O4S/c1-16(2)21(26-32(29,30)20-10-8-19(31-3)9-11-20)22(28)24-12-17-4-6-18(7-5-17)13-27-15-23-14-25-27/h4-11,14-16,21,26H,12-13H2,1-3H3,(H,24,28)/t21-/m0/s1. The Morgan fingerprint density at radius 1 is 1.06 bits per heavy atom. The number of carbonyl (C=O) groups is 1. The number of methoxy groups -OCH3 is 1. The van der Waals surface area contributed by atoms with Gasteiger partial charge in [-0.3, -0.25) is 4.79 Å². The molecule has 32 heavy (non-hydrogen) atoms. The predicted octanol–water partition coefficient (Wildman–Crippen LogP) is 1.95. The van der Waals surface area contributed by atoms with Crippen LogP contribution in [0.1, 0.15) is 25.0 Å². The van der Waals surface area contributed by atoms with E-state index >= 15 is 0 Å². The van der Waals surface area contributed by atoms with Gasteiger partial charge in [-0.25, -0.2) is 18.1 Å². The van der Waals surface area contributed by atoms with Crippen LogP contribution in [0.25, 0.3) is 0 Å². The second-order valence-corrected chi connectivity index (χ2v) is 9.36. The maximum Gasteiger partial charge on any atom is 0.241 e. The predicted molar refractivity (Wildman–Crippen MR) is 119 cm³/mol. The summed E-state index contributed by atoms with van der Waals surface area (Å²) in [5.41, 5.74) is 1.96. The number of hydrogen-bond acceptors (Lipinski definition) is 6. The van der Waals surface area contributed by atoms with Gasteiger partial charge in [-0.1, -0.05) is 38.1 Å². The fraction of sp³-hybridized carbons (Fsp3) is 0.318. The number of rotatable bonds is 10. The van der Waals surface area contributed by atoms with E-state index in [1.54, 1.807) is 37.0 Å². The molecule has 9 nitrogen and oxygen atoms in total. The van der Waals surface area contributed by atoms with E-state index in [2.05, 4.69) is 20.1 Å². The van der Waals surface area contributed by atoms with Crippen LogP contribution in [-0.4, -0.2) is 42.2 Å². The highest BCUT2D eigenvalue weighted by atomic mass is 32.2. The summed E-state index contributed by atoms with van der Waals surface area (Å²) < 4.78 is 34.8. The van der Waals surface area contributed by atoms with Gasteiger partial charge in [0, 0.05) is 6.54 Å². The Kier molecular flexibility index (Phi) is 7.60. The molecule has 3 rings (SSSR count). The van der Waals surface area contributed by atoms with Crippen molar-refractivity contribution in [3.8, 4) is 5.75 Å². The number of carbonyl (C=O) groups excluding carboxylic acids is 1. The molecule has 0 aliphatic heterocycles. The molecule has 0 unspecified atom stereocenters. The molecule has 0 radical (unpaired) electrons. The molecule has 1 aromatic heterocycles. The highest BCUT2D eigenvalue weighted by molar-refractivity contribution is 7.89. The summed E-state index contributed by atoms with van der Waals surface area (Å²) in [4.78, 5) is 16.8. The van der Waals surface area contributed by atoms with Crippen LogP contribution >= 0.6 is 0 Å². The van der Waals surface area contributed by atoms with Crippen LogP contribution in [0.15, 0.2) is 66.1 Å². The minimum Gasteiger partial charge on any atom is -0.497 e. The summed E-state index contributed by atoms with van der Waals surface area (Å²) in [6.45, 7) is 4.48. The topological polar surface area (TPSA) is 115 Å². The molecule has 0 spiro atoms. The number of sulfonamides is 1. The summed E-state index contributed by atoms with van der Waals surface area (Å²) in [6, 6.07) is 12.8. The summed E-state index contributed by atoms with van der Waals surface area (Å²) in [5, 5.41) is 6.90. The van der Waals surface area contributed by atoms with Crippen molar-refractivity contribution in [3.05, 3.63) is 72.3 Å². The van der Waals surface area contributed by atoms with Crippen molar-refractivity contribution in [2.75, 3.05) is 7.11 Å². The molecule has 2 N–H and O–H groups in total. The van der Waals surface area contributed by atoms with Gasteiger partial charge in [-0.15, -0.1) is 0 Å². The summed E-state index contributed by atoms with van der Waals surface area (Å²) in [6.07, 6.45) is 3.13. The third-order valence-corrected chi connectivity index (χ3v) is 6.36. The van der Waals surface area contributed by atoms with Crippen LogP contribution in [-0.2, 0) is 27.9 Å². The number of nitrogens with zero attached hydrogens (tertiary/aromatic N) is 3. The van der Waals surface area contributed by atoms with Crippen molar-refractivity contribution < 1.29 is 17.9 Å². The molecule has 10 heteroatoms. The average molecular weight is 458 g/mol. The first-order valence-corrected chi connectivity index (χ1v) is 11.6. The molecular weight excluding hydrogens is 430 g/mol. The minimum atomic E-state index is -3.87. The monoisotopic (exact) mass is 457 g/mol. The van der Waals surface area contributed by atoms with Crippen LogP contribution in [0.5, 0.6) is 5.75 Å². The van der Waals surface area contributed by atoms with Crippen molar-refractivity contribution in [2.24, 2.45) is 5.92 Å². The molecule has 1 amide bonds. The van der Waals surface area contributed by atoms with Gasteiger partial charge in [-0.2, -0.15) is 9.82 Å². The van der Waals surface area contributed by atoms with Gasteiger partial charge in [-0.05, 0) is 41.3 Å². The molecule has 0 aliphatic carbocycles. The molecule has 0 saturated heterocycles. The molecule has 0 bridgehead atoms. The van der Waals surface area contributed by atoms with Gasteiger partial charge in [0.15, 0.2) is 0 Å². The zero-order chi connectivity index (χ0) is 23.1. The van der Waals surface area contributed by atoms with Crippen molar-refractivity contribution in [2.45, 2.75) is 37.9 Å². The first-order chi connectivity index (χ1) is 15.3. The van der Waals surface area contributed by atoms with E-state index in [9.17, 15) is 13.2 Å². The number of hydrogen-bond donors (Lipinski definition) is 2. The first kappa shape index (κ1) is 23.4. The Morgan fingerprint density at radius 2 is 1.72 bits per heavy atom. The Bertz CT molecular complexity index is 1110.